The van der Waals surface area contributed by atoms with E-state index in [1.54, 1.807) is 0 Å². The molecule has 0 aromatic heterocycles. The second-order valence-electron chi connectivity index (χ2n) is 8.42. The molecule has 3 aliphatic heterocycles. The number of rotatable bonds is 6. The summed E-state index contributed by atoms with van der Waals surface area (Å²) in [5, 5.41) is 3.54. The second kappa shape index (κ2) is 10.0. The first-order valence-corrected chi connectivity index (χ1v) is 10.7. The van der Waals surface area contributed by atoms with Crippen LogP contribution in [-0.2, 0) is 9.47 Å². The van der Waals surface area contributed by atoms with Crippen molar-refractivity contribution in [1.29, 1.82) is 0 Å². The third-order valence-electron chi connectivity index (χ3n) is 6.44. The maximum Gasteiger partial charge on any atom is 0.193 e. The van der Waals surface area contributed by atoms with Crippen LogP contribution in [-0.4, -0.2) is 113 Å². The Morgan fingerprint density at radius 3 is 2.48 bits per heavy atom. The SMILES string of the molecule is CCNC(=NCC1(N(C)C)CCOCC1)N1CCC(CN2CCOCC2)C1. The van der Waals surface area contributed by atoms with Gasteiger partial charge in [-0.25, -0.2) is 0 Å². The van der Waals surface area contributed by atoms with Crippen molar-refractivity contribution in [2.45, 2.75) is 31.7 Å². The lowest BCUT2D eigenvalue weighted by molar-refractivity contribution is -0.00263. The van der Waals surface area contributed by atoms with Gasteiger partial charge in [0.05, 0.1) is 19.8 Å². The van der Waals surface area contributed by atoms with E-state index in [9.17, 15) is 0 Å². The summed E-state index contributed by atoms with van der Waals surface area (Å²) >= 11 is 0. The molecule has 0 spiro atoms. The molecule has 3 heterocycles. The van der Waals surface area contributed by atoms with Crippen molar-refractivity contribution in [1.82, 2.24) is 20.0 Å². The van der Waals surface area contributed by atoms with E-state index in [2.05, 4.69) is 41.0 Å². The lowest BCUT2D eigenvalue weighted by atomic mass is 9.89. The molecule has 0 aromatic carbocycles. The van der Waals surface area contributed by atoms with Gasteiger partial charge < -0.3 is 24.6 Å². The lowest BCUT2D eigenvalue weighted by Crippen LogP contribution is -2.52. The molecule has 0 saturated carbocycles. The highest BCUT2D eigenvalue weighted by Gasteiger charge is 2.35. The van der Waals surface area contributed by atoms with Crippen LogP contribution in [0.1, 0.15) is 26.2 Å². The molecule has 3 fully saturated rings. The van der Waals surface area contributed by atoms with Gasteiger partial charge in [-0.05, 0) is 46.2 Å². The van der Waals surface area contributed by atoms with Gasteiger partial charge in [0.1, 0.15) is 0 Å². The summed E-state index contributed by atoms with van der Waals surface area (Å²) in [5.74, 6) is 1.83. The molecular formula is C20H39N5O2. The Labute approximate surface area is 165 Å². The van der Waals surface area contributed by atoms with Gasteiger partial charge in [0.15, 0.2) is 5.96 Å². The first-order valence-electron chi connectivity index (χ1n) is 10.7. The Kier molecular flexibility index (Phi) is 7.75. The van der Waals surface area contributed by atoms with Crippen molar-refractivity contribution < 1.29 is 9.47 Å². The Morgan fingerprint density at radius 1 is 1.11 bits per heavy atom. The van der Waals surface area contributed by atoms with E-state index in [4.69, 9.17) is 14.5 Å². The minimum atomic E-state index is 0.131. The van der Waals surface area contributed by atoms with E-state index < -0.39 is 0 Å². The van der Waals surface area contributed by atoms with Gasteiger partial charge in [-0.2, -0.15) is 0 Å². The third-order valence-corrected chi connectivity index (χ3v) is 6.44. The number of ether oxygens (including phenoxy) is 2. The molecule has 0 radical (unpaired) electrons. The number of likely N-dealkylation sites (tertiary alicyclic amines) is 1. The van der Waals surface area contributed by atoms with Gasteiger partial charge in [-0.1, -0.05) is 0 Å². The van der Waals surface area contributed by atoms with Crippen LogP contribution in [0.5, 0.6) is 0 Å². The van der Waals surface area contributed by atoms with Crippen LogP contribution in [0.2, 0.25) is 0 Å². The quantitative estimate of drug-likeness (QED) is 0.540. The molecule has 0 amide bonds. The van der Waals surface area contributed by atoms with Crippen molar-refractivity contribution >= 4 is 5.96 Å². The number of morpholine rings is 1. The highest BCUT2D eigenvalue weighted by Crippen LogP contribution is 2.26. The molecule has 1 unspecified atom stereocenters. The summed E-state index contributed by atoms with van der Waals surface area (Å²) in [6, 6.07) is 0. The van der Waals surface area contributed by atoms with E-state index in [0.717, 1.165) is 90.4 Å². The largest absolute Gasteiger partial charge is 0.381 e. The molecule has 1 N–H and O–H groups in total. The summed E-state index contributed by atoms with van der Waals surface area (Å²) in [5.41, 5.74) is 0.131. The molecule has 156 valence electrons. The van der Waals surface area contributed by atoms with Crippen LogP contribution in [0.15, 0.2) is 4.99 Å². The normalized spacial score (nSPS) is 27.3. The van der Waals surface area contributed by atoms with Crippen LogP contribution in [0.4, 0.5) is 0 Å². The fourth-order valence-corrected chi connectivity index (χ4v) is 4.47. The maximum atomic E-state index is 5.60. The summed E-state index contributed by atoms with van der Waals surface area (Å²) in [4.78, 5) is 12.5. The van der Waals surface area contributed by atoms with Gasteiger partial charge >= 0.3 is 0 Å². The van der Waals surface area contributed by atoms with Crippen molar-refractivity contribution in [2.24, 2.45) is 10.9 Å². The van der Waals surface area contributed by atoms with Gasteiger partial charge in [0.25, 0.3) is 0 Å². The van der Waals surface area contributed by atoms with Crippen LogP contribution in [0, 0.1) is 5.92 Å². The van der Waals surface area contributed by atoms with Crippen molar-refractivity contribution in [2.75, 3.05) is 86.3 Å². The van der Waals surface area contributed by atoms with Gasteiger partial charge in [0, 0.05) is 58.0 Å². The number of aliphatic imine (C=N–C) groups is 1. The fraction of sp³-hybridized carbons (Fsp3) is 0.950. The van der Waals surface area contributed by atoms with Crippen LogP contribution >= 0.6 is 0 Å². The van der Waals surface area contributed by atoms with Gasteiger partial charge in [0.2, 0.25) is 0 Å². The summed E-state index contributed by atoms with van der Waals surface area (Å²) in [6.45, 7) is 13.0. The zero-order valence-electron chi connectivity index (χ0n) is 17.6. The Bertz CT molecular complexity index is 473. The molecule has 3 aliphatic rings. The molecule has 1 atom stereocenters. The number of guanidine groups is 1. The average Bonchev–Trinajstić information content (AvgIpc) is 3.15. The first-order chi connectivity index (χ1) is 13.1. The molecule has 7 nitrogen and oxygen atoms in total. The topological polar surface area (TPSA) is 52.6 Å². The van der Waals surface area contributed by atoms with Crippen LogP contribution in [0.25, 0.3) is 0 Å². The standard InChI is InChI=1S/C20H39N5O2/c1-4-21-19(22-17-20(23(2)3)6-11-26-12-7-20)25-8-5-18(16-25)15-24-9-13-27-14-10-24/h18H,4-17H2,1-3H3,(H,21,22). The van der Waals surface area contributed by atoms with Crippen molar-refractivity contribution in [3.63, 3.8) is 0 Å². The third kappa shape index (κ3) is 5.56. The summed E-state index contributed by atoms with van der Waals surface area (Å²) in [7, 11) is 4.37. The average molecular weight is 382 g/mol. The molecule has 0 aromatic rings. The fourth-order valence-electron chi connectivity index (χ4n) is 4.47. The Morgan fingerprint density at radius 2 is 1.81 bits per heavy atom. The maximum absolute atomic E-state index is 5.60. The van der Waals surface area contributed by atoms with E-state index in [-0.39, 0.29) is 5.54 Å². The van der Waals surface area contributed by atoms with Crippen LogP contribution < -0.4 is 5.32 Å². The highest BCUT2D eigenvalue weighted by molar-refractivity contribution is 5.80. The monoisotopic (exact) mass is 381 g/mol. The predicted octanol–water partition coefficient (Wildman–Crippen LogP) is 0.717. The summed E-state index contributed by atoms with van der Waals surface area (Å²) < 4.78 is 11.1. The number of nitrogens with zero attached hydrogens (tertiary/aromatic N) is 4. The van der Waals surface area contributed by atoms with Crippen molar-refractivity contribution in [3.05, 3.63) is 0 Å². The molecule has 0 aliphatic carbocycles. The number of nitrogens with one attached hydrogen (secondary N) is 1. The number of hydrogen-bond acceptors (Lipinski definition) is 5. The highest BCUT2D eigenvalue weighted by atomic mass is 16.5. The van der Waals surface area contributed by atoms with E-state index >= 15 is 0 Å². The molecule has 3 rings (SSSR count). The minimum absolute atomic E-state index is 0.131. The molecule has 7 heteroatoms. The first kappa shape index (κ1) is 20.8. The number of likely N-dealkylation sites (N-methyl/N-ethyl adjacent to an activating group) is 1. The molecular weight excluding hydrogens is 342 g/mol. The molecule has 27 heavy (non-hydrogen) atoms. The van der Waals surface area contributed by atoms with Gasteiger partial charge in [-0.3, -0.25) is 9.89 Å². The van der Waals surface area contributed by atoms with E-state index in [1.165, 1.54) is 13.0 Å². The zero-order chi connectivity index (χ0) is 19.1. The Balaban J connectivity index is 1.58. The van der Waals surface area contributed by atoms with E-state index in [1.807, 2.05) is 0 Å². The summed E-state index contributed by atoms with van der Waals surface area (Å²) in [6.07, 6.45) is 3.37. The van der Waals surface area contributed by atoms with Crippen LogP contribution in [0.3, 0.4) is 0 Å². The Hall–Kier alpha value is -0.890. The number of hydrogen-bond donors (Lipinski definition) is 1. The predicted molar refractivity (Wildman–Crippen MR) is 109 cm³/mol. The second-order valence-corrected chi connectivity index (χ2v) is 8.42. The zero-order valence-corrected chi connectivity index (χ0v) is 17.6. The molecule has 3 saturated heterocycles. The van der Waals surface area contributed by atoms with E-state index in [0.29, 0.717) is 0 Å². The molecule has 0 bridgehead atoms. The smallest absolute Gasteiger partial charge is 0.193 e. The lowest BCUT2D eigenvalue weighted by Gasteiger charge is -2.42. The minimum Gasteiger partial charge on any atom is -0.381 e. The van der Waals surface area contributed by atoms with Crippen molar-refractivity contribution in [3.8, 4) is 0 Å². The van der Waals surface area contributed by atoms with Gasteiger partial charge in [-0.15, -0.1) is 0 Å².